The summed E-state index contributed by atoms with van der Waals surface area (Å²) in [5, 5.41) is 3.14. The van der Waals surface area contributed by atoms with Crippen LogP contribution in [0, 0.1) is 0 Å². The molecule has 1 spiro atoms. The number of amides is 2. The number of nitrogens with zero attached hydrogens (tertiary/aromatic N) is 3. The highest BCUT2D eigenvalue weighted by atomic mass is 16.2. The summed E-state index contributed by atoms with van der Waals surface area (Å²) >= 11 is 0. The van der Waals surface area contributed by atoms with Gasteiger partial charge in [-0.05, 0) is 44.9 Å². The second-order valence-corrected chi connectivity index (χ2v) is 7.71. The lowest BCUT2D eigenvalue weighted by atomic mass is 9.85. The molecule has 3 fully saturated rings. The molecule has 0 atom stereocenters. The molecule has 3 aliphatic rings. The lowest BCUT2D eigenvalue weighted by Crippen LogP contribution is -2.56. The molecule has 2 heterocycles. The molecule has 1 saturated carbocycles. The van der Waals surface area contributed by atoms with Crippen molar-refractivity contribution in [1.82, 2.24) is 10.2 Å². The average Bonchev–Trinajstić information content (AvgIpc) is 2.90. The van der Waals surface area contributed by atoms with Gasteiger partial charge in [-0.15, -0.1) is 0 Å². The van der Waals surface area contributed by atoms with Crippen molar-refractivity contribution < 1.29 is 4.79 Å². The molecule has 1 N–H and O–H groups in total. The number of hydrogen-bond acceptors (Lipinski definition) is 3. The number of amidine groups is 1. The molecule has 1 aromatic rings. The van der Waals surface area contributed by atoms with Crippen LogP contribution in [0.1, 0.15) is 44.9 Å². The van der Waals surface area contributed by atoms with E-state index in [0.717, 1.165) is 50.3 Å². The van der Waals surface area contributed by atoms with Crippen molar-refractivity contribution in [1.29, 1.82) is 0 Å². The van der Waals surface area contributed by atoms with Gasteiger partial charge in [0.05, 0.1) is 6.04 Å². The number of carbonyl (C=O) groups is 1. The fourth-order valence-corrected chi connectivity index (χ4v) is 4.51. The number of piperidine rings is 1. The van der Waals surface area contributed by atoms with E-state index in [4.69, 9.17) is 4.99 Å². The van der Waals surface area contributed by atoms with E-state index in [2.05, 4.69) is 17.3 Å². The summed E-state index contributed by atoms with van der Waals surface area (Å²) in [4.78, 5) is 22.3. The predicted octanol–water partition coefficient (Wildman–Crippen LogP) is 3.41. The van der Waals surface area contributed by atoms with E-state index in [1.165, 1.54) is 19.3 Å². The van der Waals surface area contributed by atoms with Gasteiger partial charge in [0, 0.05) is 18.8 Å². The van der Waals surface area contributed by atoms with Gasteiger partial charge >= 0.3 is 6.03 Å². The molecule has 2 amide bonds. The number of urea groups is 1. The second-order valence-electron chi connectivity index (χ2n) is 7.71. The summed E-state index contributed by atoms with van der Waals surface area (Å²) in [7, 11) is 2.15. The van der Waals surface area contributed by atoms with Gasteiger partial charge in [-0.25, -0.2) is 4.79 Å². The molecule has 0 bridgehead atoms. The summed E-state index contributed by atoms with van der Waals surface area (Å²) in [6.45, 7) is 1.98. The SMILES string of the molecule is CN1CCC2(CC1)C(=NC1CCCCC1)NC(=O)N2c1ccccc1. The number of hydrogen-bond donors (Lipinski definition) is 1. The number of aliphatic imine (C=N–C) groups is 1. The van der Waals surface area contributed by atoms with Crippen molar-refractivity contribution in [2.24, 2.45) is 4.99 Å². The highest BCUT2D eigenvalue weighted by Gasteiger charge is 2.52. The Balaban J connectivity index is 1.71. The van der Waals surface area contributed by atoms with E-state index in [0.29, 0.717) is 6.04 Å². The molecular formula is C20H28N4O. The number of carbonyl (C=O) groups excluding carboxylic acids is 1. The minimum Gasteiger partial charge on any atom is -0.306 e. The maximum Gasteiger partial charge on any atom is 0.328 e. The zero-order valence-electron chi connectivity index (χ0n) is 15.1. The largest absolute Gasteiger partial charge is 0.328 e. The first kappa shape index (κ1) is 16.6. The van der Waals surface area contributed by atoms with Crippen LogP contribution in [0.25, 0.3) is 0 Å². The van der Waals surface area contributed by atoms with E-state index in [1.54, 1.807) is 0 Å². The lowest BCUT2D eigenvalue weighted by Gasteiger charge is -2.43. The quantitative estimate of drug-likeness (QED) is 0.897. The maximum absolute atomic E-state index is 12.9. The van der Waals surface area contributed by atoms with Gasteiger partial charge < -0.3 is 4.90 Å². The van der Waals surface area contributed by atoms with E-state index in [-0.39, 0.29) is 11.6 Å². The molecule has 5 heteroatoms. The van der Waals surface area contributed by atoms with Crippen LogP contribution in [-0.2, 0) is 0 Å². The highest BCUT2D eigenvalue weighted by molar-refractivity contribution is 6.19. The lowest BCUT2D eigenvalue weighted by molar-refractivity contribution is 0.221. The molecule has 0 radical (unpaired) electrons. The summed E-state index contributed by atoms with van der Waals surface area (Å²) in [6.07, 6.45) is 8.01. The molecule has 4 rings (SSSR count). The van der Waals surface area contributed by atoms with Gasteiger partial charge in [0.1, 0.15) is 11.4 Å². The number of para-hydroxylation sites is 1. The Labute approximate surface area is 150 Å². The minimum absolute atomic E-state index is 0.0229. The van der Waals surface area contributed by atoms with Crippen molar-refractivity contribution >= 4 is 17.6 Å². The van der Waals surface area contributed by atoms with E-state index >= 15 is 0 Å². The van der Waals surface area contributed by atoms with Gasteiger partial charge in [-0.3, -0.25) is 15.2 Å². The Hall–Kier alpha value is -1.88. The maximum atomic E-state index is 12.9. The topological polar surface area (TPSA) is 47.9 Å². The standard InChI is InChI=1S/C20H28N4O/c1-23-14-12-20(13-15-23)18(21-16-8-4-2-5-9-16)22-19(25)24(20)17-10-6-3-7-11-17/h3,6-7,10-11,16H,2,4-5,8-9,12-15H2,1H3,(H,21,22,25). The first-order valence-corrected chi connectivity index (χ1v) is 9.62. The summed E-state index contributed by atoms with van der Waals surface area (Å²) in [6, 6.07) is 10.4. The second kappa shape index (κ2) is 6.79. The molecule has 5 nitrogen and oxygen atoms in total. The van der Waals surface area contributed by atoms with E-state index < -0.39 is 0 Å². The Morgan fingerprint density at radius 2 is 1.76 bits per heavy atom. The fourth-order valence-electron chi connectivity index (χ4n) is 4.51. The summed E-state index contributed by atoms with van der Waals surface area (Å²) in [5.41, 5.74) is 0.668. The van der Waals surface area contributed by atoms with Crippen molar-refractivity contribution in [3.05, 3.63) is 30.3 Å². The van der Waals surface area contributed by atoms with Crippen molar-refractivity contribution in [3.8, 4) is 0 Å². The zero-order chi connectivity index (χ0) is 17.3. The number of anilines is 1. The summed E-state index contributed by atoms with van der Waals surface area (Å²) < 4.78 is 0. The fraction of sp³-hybridized carbons (Fsp3) is 0.600. The smallest absolute Gasteiger partial charge is 0.306 e. The molecule has 134 valence electrons. The van der Waals surface area contributed by atoms with Crippen LogP contribution in [0.2, 0.25) is 0 Å². The van der Waals surface area contributed by atoms with Crippen LogP contribution in [0.3, 0.4) is 0 Å². The summed E-state index contributed by atoms with van der Waals surface area (Å²) in [5.74, 6) is 0.918. The van der Waals surface area contributed by atoms with Crippen LogP contribution in [0.15, 0.2) is 35.3 Å². The van der Waals surface area contributed by atoms with Crippen molar-refractivity contribution in [2.45, 2.75) is 56.5 Å². The molecule has 25 heavy (non-hydrogen) atoms. The number of likely N-dealkylation sites (tertiary alicyclic amines) is 1. The third-order valence-corrected chi connectivity index (χ3v) is 6.01. The van der Waals surface area contributed by atoms with Crippen LogP contribution >= 0.6 is 0 Å². The molecule has 0 aromatic heterocycles. The zero-order valence-corrected chi connectivity index (χ0v) is 15.1. The van der Waals surface area contributed by atoms with E-state index in [1.807, 2.05) is 35.2 Å². The highest BCUT2D eigenvalue weighted by Crippen LogP contribution is 2.38. The molecular weight excluding hydrogens is 312 g/mol. The van der Waals surface area contributed by atoms with Crippen LogP contribution in [-0.4, -0.2) is 48.5 Å². The van der Waals surface area contributed by atoms with Gasteiger partial charge in [0.15, 0.2) is 0 Å². The molecule has 2 saturated heterocycles. The van der Waals surface area contributed by atoms with Crippen molar-refractivity contribution in [3.63, 3.8) is 0 Å². The minimum atomic E-state index is -0.303. The third-order valence-electron chi connectivity index (χ3n) is 6.01. The van der Waals surface area contributed by atoms with Gasteiger partial charge in [0.25, 0.3) is 0 Å². The van der Waals surface area contributed by atoms with Crippen LogP contribution in [0.4, 0.5) is 10.5 Å². The van der Waals surface area contributed by atoms with E-state index in [9.17, 15) is 4.79 Å². The van der Waals surface area contributed by atoms with Gasteiger partial charge in [-0.2, -0.15) is 0 Å². The van der Waals surface area contributed by atoms with Gasteiger partial charge in [-0.1, -0.05) is 37.5 Å². The monoisotopic (exact) mass is 340 g/mol. The predicted molar refractivity (Wildman–Crippen MR) is 101 cm³/mol. The normalized spacial score (nSPS) is 26.4. The van der Waals surface area contributed by atoms with Gasteiger partial charge in [0.2, 0.25) is 0 Å². The molecule has 1 aliphatic carbocycles. The number of nitrogens with one attached hydrogen (secondary N) is 1. The molecule has 2 aliphatic heterocycles. The Morgan fingerprint density at radius 1 is 1.08 bits per heavy atom. The average molecular weight is 340 g/mol. The van der Waals surface area contributed by atoms with Crippen LogP contribution < -0.4 is 10.2 Å². The number of benzene rings is 1. The van der Waals surface area contributed by atoms with Crippen LogP contribution in [0.5, 0.6) is 0 Å². The first-order chi connectivity index (χ1) is 12.2. The first-order valence-electron chi connectivity index (χ1n) is 9.62. The number of rotatable bonds is 2. The Kier molecular flexibility index (Phi) is 4.50. The Bertz CT molecular complexity index is 643. The van der Waals surface area contributed by atoms with Crippen molar-refractivity contribution in [2.75, 3.05) is 25.0 Å². The molecule has 1 aromatic carbocycles. The third kappa shape index (κ3) is 3.06. The Morgan fingerprint density at radius 3 is 2.44 bits per heavy atom. The molecule has 0 unspecified atom stereocenters.